The SMILES string of the molecule is Cc1cccc(N/C(N)=N/C2=NC(CC(=O)Nc3ccc(Cl)cc3Cl)C(=O)N2)c1. The summed E-state index contributed by atoms with van der Waals surface area (Å²) in [5, 5.41) is 8.79. The van der Waals surface area contributed by atoms with Crippen molar-refractivity contribution in [2.75, 3.05) is 10.6 Å². The Hall–Kier alpha value is -3.10. The molecule has 10 heteroatoms. The van der Waals surface area contributed by atoms with Crippen molar-refractivity contribution in [3.05, 3.63) is 58.1 Å². The number of aliphatic imine (C=N–C) groups is 2. The first-order chi connectivity index (χ1) is 13.8. The molecule has 0 aromatic heterocycles. The highest BCUT2D eigenvalue weighted by molar-refractivity contribution is 6.36. The predicted molar refractivity (Wildman–Crippen MR) is 115 cm³/mol. The number of anilines is 2. The molecule has 1 aliphatic rings. The summed E-state index contributed by atoms with van der Waals surface area (Å²) >= 11 is 11.9. The molecular weight excluding hydrogens is 415 g/mol. The minimum atomic E-state index is -0.911. The first-order valence-electron chi connectivity index (χ1n) is 8.61. The van der Waals surface area contributed by atoms with E-state index in [2.05, 4.69) is 25.9 Å². The number of nitrogens with two attached hydrogens (primary N) is 1. The first-order valence-corrected chi connectivity index (χ1v) is 9.37. The van der Waals surface area contributed by atoms with E-state index in [4.69, 9.17) is 28.9 Å². The summed E-state index contributed by atoms with van der Waals surface area (Å²) < 4.78 is 0. The summed E-state index contributed by atoms with van der Waals surface area (Å²) in [5.74, 6) is -0.763. The van der Waals surface area contributed by atoms with E-state index >= 15 is 0 Å². The van der Waals surface area contributed by atoms with Gasteiger partial charge in [0, 0.05) is 10.7 Å². The minimum absolute atomic E-state index is 0.0370. The molecule has 3 rings (SSSR count). The Labute approximate surface area is 177 Å². The molecule has 2 aromatic rings. The van der Waals surface area contributed by atoms with Crippen molar-refractivity contribution in [1.82, 2.24) is 5.32 Å². The number of rotatable bonds is 4. The lowest BCUT2D eigenvalue weighted by Gasteiger charge is -2.08. The molecule has 5 N–H and O–H groups in total. The van der Waals surface area contributed by atoms with Crippen molar-refractivity contribution in [2.24, 2.45) is 15.7 Å². The lowest BCUT2D eigenvalue weighted by molar-refractivity contribution is -0.123. The Morgan fingerprint density at radius 2 is 2.03 bits per heavy atom. The molecule has 0 saturated carbocycles. The number of nitrogens with zero attached hydrogens (tertiary/aromatic N) is 2. The zero-order valence-corrected chi connectivity index (χ0v) is 16.9. The molecule has 1 unspecified atom stereocenters. The van der Waals surface area contributed by atoms with E-state index < -0.39 is 17.9 Å². The lowest BCUT2D eigenvalue weighted by Crippen LogP contribution is -2.32. The molecule has 0 aliphatic carbocycles. The van der Waals surface area contributed by atoms with Crippen LogP contribution in [0.1, 0.15) is 12.0 Å². The zero-order valence-electron chi connectivity index (χ0n) is 15.4. The molecular formula is C19H18Cl2N6O2. The Kier molecular flexibility index (Phi) is 6.36. The summed E-state index contributed by atoms with van der Waals surface area (Å²) in [6.45, 7) is 1.95. The van der Waals surface area contributed by atoms with E-state index in [0.717, 1.165) is 11.3 Å². The fraction of sp³-hybridized carbons (Fsp3) is 0.158. The van der Waals surface area contributed by atoms with Crippen LogP contribution in [-0.2, 0) is 9.59 Å². The average Bonchev–Trinajstić information content (AvgIpc) is 2.96. The number of benzene rings is 2. The van der Waals surface area contributed by atoms with Gasteiger partial charge in [-0.05, 0) is 42.8 Å². The second-order valence-corrected chi connectivity index (χ2v) is 7.17. The quantitative estimate of drug-likeness (QED) is 0.438. The van der Waals surface area contributed by atoms with Gasteiger partial charge >= 0.3 is 0 Å². The number of carbonyl (C=O) groups is 2. The van der Waals surface area contributed by atoms with Gasteiger partial charge in [-0.2, -0.15) is 4.99 Å². The maximum atomic E-state index is 12.2. The molecule has 0 saturated heterocycles. The van der Waals surface area contributed by atoms with Crippen molar-refractivity contribution in [3.63, 3.8) is 0 Å². The predicted octanol–water partition coefficient (Wildman–Crippen LogP) is 2.91. The molecule has 0 fully saturated rings. The monoisotopic (exact) mass is 432 g/mol. The number of aryl methyl sites for hydroxylation is 1. The Morgan fingerprint density at radius 3 is 2.76 bits per heavy atom. The van der Waals surface area contributed by atoms with Crippen molar-refractivity contribution >= 4 is 58.3 Å². The molecule has 150 valence electrons. The summed E-state index contributed by atoms with van der Waals surface area (Å²) in [5.41, 5.74) is 8.07. The molecule has 0 spiro atoms. The van der Waals surface area contributed by atoms with Crippen molar-refractivity contribution in [2.45, 2.75) is 19.4 Å². The molecule has 1 aliphatic heterocycles. The van der Waals surface area contributed by atoms with E-state index in [9.17, 15) is 9.59 Å². The van der Waals surface area contributed by atoms with Gasteiger partial charge in [-0.25, -0.2) is 4.99 Å². The highest BCUT2D eigenvalue weighted by Crippen LogP contribution is 2.25. The third-order valence-corrected chi connectivity index (χ3v) is 4.46. The second-order valence-electron chi connectivity index (χ2n) is 6.33. The number of guanidine groups is 2. The third-order valence-electron chi connectivity index (χ3n) is 3.92. The Morgan fingerprint density at radius 1 is 1.24 bits per heavy atom. The van der Waals surface area contributed by atoms with Crippen molar-refractivity contribution in [3.8, 4) is 0 Å². The van der Waals surface area contributed by atoms with Crippen LogP contribution in [-0.4, -0.2) is 29.8 Å². The number of halogens is 2. The van der Waals surface area contributed by atoms with Gasteiger partial charge in [-0.15, -0.1) is 0 Å². The van der Waals surface area contributed by atoms with Crippen LogP contribution in [0.15, 0.2) is 52.4 Å². The fourth-order valence-electron chi connectivity index (χ4n) is 2.61. The van der Waals surface area contributed by atoms with Gasteiger partial charge in [-0.1, -0.05) is 35.3 Å². The van der Waals surface area contributed by atoms with Crippen LogP contribution < -0.4 is 21.7 Å². The fourth-order valence-corrected chi connectivity index (χ4v) is 3.06. The molecule has 2 amide bonds. The van der Waals surface area contributed by atoms with Crippen LogP contribution in [0.25, 0.3) is 0 Å². The summed E-state index contributed by atoms with van der Waals surface area (Å²) in [7, 11) is 0. The molecule has 0 bridgehead atoms. The van der Waals surface area contributed by atoms with Crippen LogP contribution in [0.5, 0.6) is 0 Å². The van der Waals surface area contributed by atoms with Crippen LogP contribution in [0.3, 0.4) is 0 Å². The van der Waals surface area contributed by atoms with Gasteiger partial charge in [0.05, 0.1) is 17.1 Å². The molecule has 2 aromatic carbocycles. The molecule has 29 heavy (non-hydrogen) atoms. The highest BCUT2D eigenvalue weighted by atomic mass is 35.5. The van der Waals surface area contributed by atoms with Crippen LogP contribution in [0.4, 0.5) is 11.4 Å². The maximum Gasteiger partial charge on any atom is 0.252 e. The van der Waals surface area contributed by atoms with E-state index in [-0.39, 0.29) is 18.3 Å². The van der Waals surface area contributed by atoms with Crippen molar-refractivity contribution < 1.29 is 9.59 Å². The van der Waals surface area contributed by atoms with Crippen LogP contribution in [0, 0.1) is 6.92 Å². The van der Waals surface area contributed by atoms with Crippen molar-refractivity contribution in [1.29, 1.82) is 0 Å². The largest absolute Gasteiger partial charge is 0.369 e. The maximum absolute atomic E-state index is 12.2. The molecule has 1 atom stereocenters. The number of hydrogen-bond donors (Lipinski definition) is 4. The first kappa shape index (κ1) is 20.6. The minimum Gasteiger partial charge on any atom is -0.369 e. The number of amides is 2. The summed E-state index contributed by atoms with van der Waals surface area (Å²) in [4.78, 5) is 32.5. The Balaban J connectivity index is 1.62. The normalized spacial score (nSPS) is 16.2. The van der Waals surface area contributed by atoms with E-state index in [1.807, 2.05) is 31.2 Å². The van der Waals surface area contributed by atoms with E-state index in [1.54, 1.807) is 12.1 Å². The topological polar surface area (TPSA) is 121 Å². The van der Waals surface area contributed by atoms with Gasteiger partial charge in [-0.3, -0.25) is 14.9 Å². The summed E-state index contributed by atoms with van der Waals surface area (Å²) in [6, 6.07) is 11.3. The lowest BCUT2D eigenvalue weighted by atomic mass is 10.2. The smallest absolute Gasteiger partial charge is 0.252 e. The number of carbonyl (C=O) groups excluding carboxylic acids is 2. The van der Waals surface area contributed by atoms with Gasteiger partial charge in [0.1, 0.15) is 6.04 Å². The number of hydrogen-bond acceptors (Lipinski definition) is 4. The summed E-state index contributed by atoms with van der Waals surface area (Å²) in [6.07, 6.45) is -0.172. The highest BCUT2D eigenvalue weighted by Gasteiger charge is 2.28. The van der Waals surface area contributed by atoms with Gasteiger partial charge in [0.25, 0.3) is 5.91 Å². The van der Waals surface area contributed by atoms with Gasteiger partial charge in [0.15, 0.2) is 0 Å². The van der Waals surface area contributed by atoms with Gasteiger partial charge in [0.2, 0.25) is 17.8 Å². The van der Waals surface area contributed by atoms with Crippen LogP contribution >= 0.6 is 23.2 Å². The zero-order chi connectivity index (χ0) is 21.0. The molecule has 8 nitrogen and oxygen atoms in total. The average molecular weight is 433 g/mol. The molecule has 0 radical (unpaired) electrons. The van der Waals surface area contributed by atoms with E-state index in [1.165, 1.54) is 6.07 Å². The van der Waals surface area contributed by atoms with Crippen LogP contribution in [0.2, 0.25) is 10.0 Å². The molecule has 1 heterocycles. The van der Waals surface area contributed by atoms with Gasteiger partial charge < -0.3 is 16.4 Å². The number of nitrogens with one attached hydrogen (secondary N) is 3. The second kappa shape index (κ2) is 8.93. The Bertz CT molecular complexity index is 1020. The van der Waals surface area contributed by atoms with E-state index in [0.29, 0.717) is 15.7 Å². The standard InChI is InChI=1S/C19H18Cl2N6O2/c1-10-3-2-4-12(7-10)23-18(22)27-19-25-15(17(29)26-19)9-16(28)24-14-6-5-11(20)8-13(14)21/h2-8,15H,9H2,1H3,(H,24,28)(H4,22,23,25,26,27,29). The third kappa shape index (κ3) is 5.69.